The molecule has 22 heavy (non-hydrogen) atoms. The van der Waals surface area contributed by atoms with Crippen LogP contribution in [0.1, 0.15) is 17.5 Å². The molecular weight excluding hydrogens is 286 g/mol. The van der Waals surface area contributed by atoms with Gasteiger partial charge in [0.1, 0.15) is 12.6 Å². The van der Waals surface area contributed by atoms with Crippen molar-refractivity contribution in [1.29, 1.82) is 0 Å². The van der Waals surface area contributed by atoms with Gasteiger partial charge in [0.25, 0.3) is 5.91 Å². The molecule has 0 aliphatic heterocycles. The van der Waals surface area contributed by atoms with Crippen molar-refractivity contribution in [2.75, 3.05) is 32.3 Å². The van der Waals surface area contributed by atoms with Crippen LogP contribution in [0.15, 0.2) is 18.2 Å². The van der Waals surface area contributed by atoms with Crippen molar-refractivity contribution < 1.29 is 24.2 Å². The largest absolute Gasteiger partial charge is 0.467 e. The summed E-state index contributed by atoms with van der Waals surface area (Å²) in [5.41, 5.74) is 2.36. The van der Waals surface area contributed by atoms with Gasteiger partial charge in [0.2, 0.25) is 0 Å². The van der Waals surface area contributed by atoms with E-state index in [4.69, 9.17) is 9.47 Å². The van der Waals surface area contributed by atoms with E-state index in [0.29, 0.717) is 5.69 Å². The normalized spacial score (nSPS) is 11.9. The molecule has 0 saturated carbocycles. The number of ether oxygens (including phenoxy) is 2. The Hall–Kier alpha value is -1.92. The van der Waals surface area contributed by atoms with Crippen molar-refractivity contribution >= 4 is 17.6 Å². The molecule has 0 aliphatic carbocycles. The number of amides is 1. The molecule has 6 heteroatoms. The van der Waals surface area contributed by atoms with Crippen LogP contribution in [-0.2, 0) is 19.1 Å². The molecule has 0 aromatic heterocycles. The summed E-state index contributed by atoms with van der Waals surface area (Å²) >= 11 is 0. The van der Waals surface area contributed by atoms with E-state index in [9.17, 15) is 14.7 Å². The predicted octanol–water partition coefficient (Wildman–Crippen LogP) is 1.21. The van der Waals surface area contributed by atoms with E-state index >= 15 is 0 Å². The molecular formula is C16H23NO5. The number of hydrogen-bond acceptors (Lipinski definition) is 5. The maximum absolute atomic E-state index is 12.5. The standard InChI is InChI=1S/C16H23NO5/c1-11-6-5-7-12(2)15(11)17(14(19)10-21-3)13(8-9-18)16(20)22-4/h5-7,13,18H,8-10H2,1-4H3. The molecule has 1 amide bonds. The molecule has 1 N–H and O–H groups in total. The molecule has 1 atom stereocenters. The van der Waals surface area contributed by atoms with Gasteiger partial charge in [0.05, 0.1) is 12.8 Å². The number of para-hydroxylation sites is 1. The fourth-order valence-electron chi connectivity index (χ4n) is 2.44. The van der Waals surface area contributed by atoms with Crippen molar-refractivity contribution in [3.05, 3.63) is 29.3 Å². The Balaban J connectivity index is 3.39. The van der Waals surface area contributed by atoms with Crippen molar-refractivity contribution in [2.45, 2.75) is 26.3 Å². The maximum Gasteiger partial charge on any atom is 0.329 e. The number of esters is 1. The number of carbonyl (C=O) groups is 2. The first-order valence-electron chi connectivity index (χ1n) is 7.03. The quantitative estimate of drug-likeness (QED) is 0.766. The van der Waals surface area contributed by atoms with Gasteiger partial charge in [-0.3, -0.25) is 9.69 Å². The maximum atomic E-state index is 12.5. The number of carbonyl (C=O) groups excluding carboxylic acids is 2. The van der Waals surface area contributed by atoms with E-state index < -0.39 is 12.0 Å². The van der Waals surface area contributed by atoms with Crippen LogP contribution in [0.4, 0.5) is 5.69 Å². The second-order valence-corrected chi connectivity index (χ2v) is 4.99. The minimum Gasteiger partial charge on any atom is -0.467 e. The van der Waals surface area contributed by atoms with Gasteiger partial charge >= 0.3 is 5.97 Å². The zero-order valence-electron chi connectivity index (χ0n) is 13.5. The van der Waals surface area contributed by atoms with E-state index in [1.807, 2.05) is 32.0 Å². The number of nitrogens with zero attached hydrogens (tertiary/aromatic N) is 1. The van der Waals surface area contributed by atoms with Crippen molar-refractivity contribution in [3.8, 4) is 0 Å². The molecule has 1 aromatic rings. The highest BCUT2D eigenvalue weighted by molar-refractivity contribution is 6.01. The van der Waals surface area contributed by atoms with Gasteiger partial charge in [-0.15, -0.1) is 0 Å². The molecule has 1 rings (SSSR count). The lowest BCUT2D eigenvalue weighted by Crippen LogP contribution is -2.48. The first-order valence-corrected chi connectivity index (χ1v) is 7.03. The summed E-state index contributed by atoms with van der Waals surface area (Å²) in [4.78, 5) is 25.9. The van der Waals surface area contributed by atoms with Crippen LogP contribution in [0, 0.1) is 13.8 Å². The number of aliphatic hydroxyl groups excluding tert-OH is 1. The summed E-state index contributed by atoms with van der Waals surface area (Å²) in [6, 6.07) is 4.72. The Labute approximate surface area is 130 Å². The Morgan fingerprint density at radius 1 is 1.23 bits per heavy atom. The summed E-state index contributed by atoms with van der Waals surface area (Å²) in [5.74, 6) is -0.926. The third kappa shape index (κ3) is 4.05. The zero-order chi connectivity index (χ0) is 16.7. The highest BCUT2D eigenvalue weighted by Gasteiger charge is 2.33. The summed E-state index contributed by atoms with van der Waals surface area (Å²) in [6.07, 6.45) is 0.0932. The van der Waals surface area contributed by atoms with Gasteiger partial charge < -0.3 is 14.6 Å². The molecule has 0 saturated heterocycles. The number of methoxy groups -OCH3 is 2. The third-order valence-corrected chi connectivity index (χ3v) is 3.40. The molecule has 6 nitrogen and oxygen atoms in total. The highest BCUT2D eigenvalue weighted by atomic mass is 16.5. The number of hydrogen-bond donors (Lipinski definition) is 1. The Kier molecular flexibility index (Phi) is 7.01. The van der Waals surface area contributed by atoms with Gasteiger partial charge in [-0.05, 0) is 25.0 Å². The van der Waals surface area contributed by atoms with Crippen LogP contribution in [0.25, 0.3) is 0 Å². The van der Waals surface area contributed by atoms with Crippen LogP contribution >= 0.6 is 0 Å². The first-order chi connectivity index (χ1) is 10.5. The SMILES string of the molecule is COCC(=O)N(c1c(C)cccc1C)C(CCO)C(=O)OC. The lowest BCUT2D eigenvalue weighted by atomic mass is 10.0. The number of rotatable bonds is 7. The molecule has 1 unspecified atom stereocenters. The lowest BCUT2D eigenvalue weighted by Gasteiger charge is -2.32. The average molecular weight is 309 g/mol. The van der Waals surface area contributed by atoms with Crippen LogP contribution in [0.2, 0.25) is 0 Å². The van der Waals surface area contributed by atoms with Gasteiger partial charge in [-0.1, -0.05) is 18.2 Å². The van der Waals surface area contributed by atoms with Gasteiger partial charge in [-0.2, -0.15) is 0 Å². The van der Waals surface area contributed by atoms with Crippen molar-refractivity contribution in [3.63, 3.8) is 0 Å². The van der Waals surface area contributed by atoms with Gasteiger partial charge in [-0.25, -0.2) is 4.79 Å². The molecule has 0 aliphatic rings. The second kappa shape index (κ2) is 8.51. The van der Waals surface area contributed by atoms with E-state index in [1.54, 1.807) is 0 Å². The lowest BCUT2D eigenvalue weighted by molar-refractivity contribution is -0.144. The van der Waals surface area contributed by atoms with Crippen LogP contribution in [0.5, 0.6) is 0 Å². The molecule has 0 bridgehead atoms. The summed E-state index contributed by atoms with van der Waals surface area (Å²) in [7, 11) is 2.68. The molecule has 1 aromatic carbocycles. The Morgan fingerprint density at radius 3 is 2.27 bits per heavy atom. The smallest absolute Gasteiger partial charge is 0.329 e. The Bertz CT molecular complexity index is 509. The molecule has 122 valence electrons. The number of benzene rings is 1. The number of aryl methyl sites for hydroxylation is 2. The van der Waals surface area contributed by atoms with E-state index in [1.165, 1.54) is 19.1 Å². The molecule has 0 fully saturated rings. The van der Waals surface area contributed by atoms with Crippen molar-refractivity contribution in [1.82, 2.24) is 0 Å². The summed E-state index contributed by atoms with van der Waals surface area (Å²) < 4.78 is 9.71. The topological polar surface area (TPSA) is 76.1 Å². The minimum atomic E-state index is -0.891. The predicted molar refractivity (Wildman–Crippen MR) is 82.8 cm³/mol. The van der Waals surface area contributed by atoms with E-state index in [-0.39, 0.29) is 25.5 Å². The van der Waals surface area contributed by atoms with E-state index in [2.05, 4.69) is 0 Å². The zero-order valence-corrected chi connectivity index (χ0v) is 13.5. The fourth-order valence-corrected chi connectivity index (χ4v) is 2.44. The summed E-state index contributed by atoms with van der Waals surface area (Å²) in [6.45, 7) is 3.33. The second-order valence-electron chi connectivity index (χ2n) is 4.99. The fraction of sp³-hybridized carbons (Fsp3) is 0.500. The van der Waals surface area contributed by atoms with E-state index in [0.717, 1.165) is 11.1 Å². The minimum absolute atomic E-state index is 0.0932. The summed E-state index contributed by atoms with van der Waals surface area (Å²) in [5, 5.41) is 9.25. The first kappa shape index (κ1) is 18.1. The average Bonchev–Trinajstić information content (AvgIpc) is 2.48. The highest BCUT2D eigenvalue weighted by Crippen LogP contribution is 2.28. The monoisotopic (exact) mass is 309 g/mol. The van der Waals surface area contributed by atoms with Crippen LogP contribution < -0.4 is 4.90 Å². The van der Waals surface area contributed by atoms with Gasteiger partial charge in [0.15, 0.2) is 0 Å². The molecule has 0 spiro atoms. The third-order valence-electron chi connectivity index (χ3n) is 3.40. The molecule has 0 radical (unpaired) electrons. The van der Waals surface area contributed by atoms with Gasteiger partial charge in [0, 0.05) is 20.1 Å². The van der Waals surface area contributed by atoms with Crippen molar-refractivity contribution in [2.24, 2.45) is 0 Å². The van der Waals surface area contributed by atoms with Crippen LogP contribution in [0.3, 0.4) is 0 Å². The number of anilines is 1. The molecule has 0 heterocycles. The van der Waals surface area contributed by atoms with Crippen LogP contribution in [-0.4, -0.2) is 50.5 Å². The number of aliphatic hydroxyl groups is 1. The Morgan fingerprint density at radius 2 is 1.82 bits per heavy atom.